The molecular weight excluding hydrogens is 250 g/mol. The molecule has 20 heavy (non-hydrogen) atoms. The van der Waals surface area contributed by atoms with E-state index in [0.717, 1.165) is 28.0 Å². The molecule has 4 nitrogen and oxygen atoms in total. The van der Waals surface area contributed by atoms with Crippen LogP contribution in [0.15, 0.2) is 48.8 Å². The Kier molecular flexibility index (Phi) is 2.99. The molecule has 0 spiro atoms. The van der Waals surface area contributed by atoms with Gasteiger partial charge in [0, 0.05) is 24.2 Å². The van der Waals surface area contributed by atoms with E-state index in [-0.39, 0.29) is 5.91 Å². The van der Waals surface area contributed by atoms with Crippen LogP contribution >= 0.6 is 0 Å². The van der Waals surface area contributed by atoms with Gasteiger partial charge >= 0.3 is 0 Å². The highest BCUT2D eigenvalue weighted by Gasteiger charge is 2.10. The Morgan fingerprint density at radius 2 is 2.00 bits per heavy atom. The van der Waals surface area contributed by atoms with Gasteiger partial charge in [0.05, 0.1) is 23.1 Å². The van der Waals surface area contributed by atoms with Crippen molar-refractivity contribution in [3.63, 3.8) is 0 Å². The Bertz CT molecular complexity index is 772. The lowest BCUT2D eigenvalue weighted by molar-refractivity contribution is 0.0942. The van der Waals surface area contributed by atoms with Gasteiger partial charge < -0.3 is 5.32 Å². The monoisotopic (exact) mass is 265 g/mol. The maximum absolute atomic E-state index is 11.7. The first kappa shape index (κ1) is 12.4. The van der Waals surface area contributed by atoms with E-state index in [2.05, 4.69) is 10.3 Å². The van der Waals surface area contributed by atoms with Gasteiger partial charge in [-0.05, 0) is 25.1 Å². The molecule has 100 valence electrons. The minimum atomic E-state index is -0.00344. The number of anilines is 2. The third kappa shape index (κ3) is 2.16. The Labute approximate surface area is 117 Å². The first-order valence-corrected chi connectivity index (χ1v) is 6.46. The molecule has 0 aliphatic rings. The highest BCUT2D eigenvalue weighted by atomic mass is 16.1. The SMILES string of the molecule is CC(=O)n1cc(Nc2ccc(C)nc2)c2ccccc21. The van der Waals surface area contributed by atoms with Crippen molar-refractivity contribution in [2.45, 2.75) is 13.8 Å². The molecule has 3 aromatic rings. The van der Waals surface area contributed by atoms with Crippen LogP contribution < -0.4 is 5.32 Å². The van der Waals surface area contributed by atoms with Crippen LogP contribution in [0, 0.1) is 6.92 Å². The lowest BCUT2D eigenvalue weighted by Crippen LogP contribution is -2.02. The molecule has 3 rings (SSSR count). The van der Waals surface area contributed by atoms with Crippen molar-refractivity contribution in [1.29, 1.82) is 0 Å². The molecule has 0 saturated heterocycles. The fraction of sp³-hybridized carbons (Fsp3) is 0.125. The summed E-state index contributed by atoms with van der Waals surface area (Å²) in [5, 5.41) is 4.33. The van der Waals surface area contributed by atoms with E-state index in [1.165, 1.54) is 0 Å². The second-order valence-electron chi connectivity index (χ2n) is 4.76. The molecule has 1 aromatic carbocycles. The van der Waals surface area contributed by atoms with Gasteiger partial charge in [-0.3, -0.25) is 14.3 Å². The van der Waals surface area contributed by atoms with E-state index < -0.39 is 0 Å². The van der Waals surface area contributed by atoms with Crippen molar-refractivity contribution in [2.75, 3.05) is 5.32 Å². The fourth-order valence-electron chi connectivity index (χ4n) is 2.24. The van der Waals surface area contributed by atoms with E-state index in [9.17, 15) is 4.79 Å². The van der Waals surface area contributed by atoms with Crippen LogP contribution in [0.3, 0.4) is 0 Å². The zero-order chi connectivity index (χ0) is 14.1. The minimum absolute atomic E-state index is 0.00344. The summed E-state index contributed by atoms with van der Waals surface area (Å²) in [7, 11) is 0. The Hall–Kier alpha value is -2.62. The number of nitrogens with one attached hydrogen (secondary N) is 1. The van der Waals surface area contributed by atoms with Gasteiger partial charge in [-0.2, -0.15) is 0 Å². The maximum Gasteiger partial charge on any atom is 0.228 e. The Morgan fingerprint density at radius 1 is 1.20 bits per heavy atom. The molecule has 0 aliphatic heterocycles. The topological polar surface area (TPSA) is 46.9 Å². The molecule has 0 radical (unpaired) electrons. The molecule has 0 unspecified atom stereocenters. The normalized spacial score (nSPS) is 10.7. The third-order valence-corrected chi connectivity index (χ3v) is 3.24. The predicted molar refractivity (Wildman–Crippen MR) is 80.5 cm³/mol. The van der Waals surface area contributed by atoms with Crippen LogP contribution in [-0.2, 0) is 0 Å². The molecule has 0 amide bonds. The number of rotatable bonds is 2. The summed E-state index contributed by atoms with van der Waals surface area (Å²) >= 11 is 0. The van der Waals surface area contributed by atoms with Crippen LogP contribution in [0.5, 0.6) is 0 Å². The van der Waals surface area contributed by atoms with Gasteiger partial charge in [0.1, 0.15) is 0 Å². The minimum Gasteiger partial charge on any atom is -0.353 e. The summed E-state index contributed by atoms with van der Waals surface area (Å²) in [6, 6.07) is 11.8. The van der Waals surface area contributed by atoms with E-state index in [4.69, 9.17) is 0 Å². The van der Waals surface area contributed by atoms with Crippen molar-refractivity contribution < 1.29 is 4.79 Å². The number of aryl methyl sites for hydroxylation is 1. The first-order valence-electron chi connectivity index (χ1n) is 6.46. The summed E-state index contributed by atoms with van der Waals surface area (Å²) in [6.07, 6.45) is 3.61. The van der Waals surface area contributed by atoms with Gasteiger partial charge in [0.2, 0.25) is 5.91 Å². The fourth-order valence-corrected chi connectivity index (χ4v) is 2.24. The predicted octanol–water partition coefficient (Wildman–Crippen LogP) is 3.75. The van der Waals surface area contributed by atoms with E-state index >= 15 is 0 Å². The van der Waals surface area contributed by atoms with Gasteiger partial charge in [-0.25, -0.2) is 0 Å². The van der Waals surface area contributed by atoms with Crippen LogP contribution in [-0.4, -0.2) is 15.5 Å². The number of pyridine rings is 1. The Morgan fingerprint density at radius 3 is 2.70 bits per heavy atom. The summed E-state index contributed by atoms with van der Waals surface area (Å²) in [5.41, 5.74) is 3.69. The standard InChI is InChI=1S/C16H15N3O/c1-11-7-8-13(9-17-11)18-15-10-19(12(2)20)16-6-4-3-5-14(15)16/h3-10,18H,1-2H3. The molecule has 4 heteroatoms. The number of fused-ring (bicyclic) bond motifs is 1. The second kappa shape index (κ2) is 4.81. The zero-order valence-corrected chi connectivity index (χ0v) is 11.4. The second-order valence-corrected chi connectivity index (χ2v) is 4.76. The number of carbonyl (C=O) groups is 1. The molecule has 2 aromatic heterocycles. The van der Waals surface area contributed by atoms with Gasteiger partial charge in [-0.1, -0.05) is 18.2 Å². The lowest BCUT2D eigenvalue weighted by Gasteiger charge is -2.04. The van der Waals surface area contributed by atoms with Crippen LogP contribution in [0.25, 0.3) is 10.9 Å². The van der Waals surface area contributed by atoms with E-state index in [1.807, 2.05) is 49.5 Å². The van der Waals surface area contributed by atoms with Crippen molar-refractivity contribution in [2.24, 2.45) is 0 Å². The molecule has 1 N–H and O–H groups in total. The molecule has 0 bridgehead atoms. The summed E-state index contributed by atoms with van der Waals surface area (Å²) in [4.78, 5) is 16.0. The third-order valence-electron chi connectivity index (χ3n) is 3.24. The number of nitrogens with zero attached hydrogens (tertiary/aromatic N) is 2. The quantitative estimate of drug-likeness (QED) is 0.767. The molecule has 0 aliphatic carbocycles. The Balaban J connectivity index is 2.07. The summed E-state index contributed by atoms with van der Waals surface area (Å²) < 4.78 is 1.65. The number of para-hydroxylation sites is 1. The molecule has 0 atom stereocenters. The van der Waals surface area contributed by atoms with Gasteiger partial charge in [0.15, 0.2) is 0 Å². The lowest BCUT2D eigenvalue weighted by atomic mass is 10.2. The molecule has 0 fully saturated rings. The maximum atomic E-state index is 11.7. The average Bonchev–Trinajstić information content (AvgIpc) is 2.81. The first-order chi connectivity index (χ1) is 9.65. The number of benzene rings is 1. The van der Waals surface area contributed by atoms with E-state index in [1.54, 1.807) is 17.7 Å². The summed E-state index contributed by atoms with van der Waals surface area (Å²) in [5.74, 6) is -0.00344. The zero-order valence-electron chi connectivity index (χ0n) is 11.4. The molecule has 0 saturated carbocycles. The van der Waals surface area contributed by atoms with Crippen LogP contribution in [0.2, 0.25) is 0 Å². The molecular formula is C16H15N3O. The number of hydrogen-bond acceptors (Lipinski definition) is 3. The van der Waals surface area contributed by atoms with Crippen molar-refractivity contribution >= 4 is 28.2 Å². The van der Waals surface area contributed by atoms with Crippen LogP contribution in [0.4, 0.5) is 11.4 Å². The number of hydrogen-bond donors (Lipinski definition) is 1. The summed E-state index contributed by atoms with van der Waals surface area (Å²) in [6.45, 7) is 3.51. The van der Waals surface area contributed by atoms with Crippen molar-refractivity contribution in [3.05, 3.63) is 54.5 Å². The highest BCUT2D eigenvalue weighted by Crippen LogP contribution is 2.28. The number of aromatic nitrogens is 2. The highest BCUT2D eigenvalue weighted by molar-refractivity contribution is 6.00. The smallest absolute Gasteiger partial charge is 0.228 e. The molecule has 2 heterocycles. The largest absolute Gasteiger partial charge is 0.353 e. The average molecular weight is 265 g/mol. The van der Waals surface area contributed by atoms with Crippen LogP contribution in [0.1, 0.15) is 17.4 Å². The van der Waals surface area contributed by atoms with Gasteiger partial charge in [-0.15, -0.1) is 0 Å². The van der Waals surface area contributed by atoms with Crippen molar-refractivity contribution in [3.8, 4) is 0 Å². The number of carbonyl (C=O) groups excluding carboxylic acids is 1. The van der Waals surface area contributed by atoms with Crippen molar-refractivity contribution in [1.82, 2.24) is 9.55 Å². The van der Waals surface area contributed by atoms with Gasteiger partial charge in [0.25, 0.3) is 0 Å². The van der Waals surface area contributed by atoms with E-state index in [0.29, 0.717) is 0 Å².